The number of fused-ring (bicyclic) bond motifs is 3. The first-order valence-corrected chi connectivity index (χ1v) is 7.91. The van der Waals surface area contributed by atoms with Crippen LogP contribution in [0.1, 0.15) is 16.7 Å². The maximum Gasteiger partial charge on any atom is 0.212 e. The van der Waals surface area contributed by atoms with Crippen molar-refractivity contribution in [1.29, 1.82) is 5.26 Å². The molecule has 2 aromatic carbocycles. The normalized spacial score (nSPS) is 11.1. The summed E-state index contributed by atoms with van der Waals surface area (Å²) in [5.41, 5.74) is 6.73. The fourth-order valence-corrected chi connectivity index (χ4v) is 3.37. The monoisotopic (exact) mass is 313 g/mol. The molecule has 0 bridgehead atoms. The minimum atomic E-state index is 0.668. The number of hydrogen-bond acceptors (Lipinski definition) is 2. The van der Waals surface area contributed by atoms with Gasteiger partial charge in [-0.3, -0.25) is 0 Å². The molecule has 0 N–H and O–H groups in total. The van der Waals surface area contributed by atoms with E-state index in [-0.39, 0.29) is 0 Å². The molecule has 3 nitrogen and oxygen atoms in total. The van der Waals surface area contributed by atoms with Crippen molar-refractivity contribution < 1.29 is 8.98 Å². The second kappa shape index (κ2) is 5.21. The van der Waals surface area contributed by atoms with E-state index in [0.29, 0.717) is 5.56 Å². The Balaban J connectivity index is 2.09. The maximum absolute atomic E-state index is 9.48. The van der Waals surface area contributed by atoms with Gasteiger partial charge in [0.1, 0.15) is 18.2 Å². The topological polar surface area (TPSA) is 40.8 Å². The van der Waals surface area contributed by atoms with E-state index < -0.39 is 0 Å². The Bertz CT molecular complexity index is 1150. The number of hydrogen-bond donors (Lipinski definition) is 0. The van der Waals surface area contributed by atoms with Crippen molar-refractivity contribution in [3.63, 3.8) is 0 Å². The fraction of sp³-hybridized carbons (Fsp3) is 0.143. The Morgan fingerprint density at radius 3 is 2.62 bits per heavy atom. The molecular formula is C21H17N2O+. The third-order valence-corrected chi connectivity index (χ3v) is 4.51. The van der Waals surface area contributed by atoms with Gasteiger partial charge in [-0.05, 0) is 55.3 Å². The van der Waals surface area contributed by atoms with Crippen LogP contribution < -0.4 is 4.57 Å². The van der Waals surface area contributed by atoms with Crippen molar-refractivity contribution in [3.8, 4) is 17.3 Å². The third-order valence-electron chi connectivity index (χ3n) is 4.51. The van der Waals surface area contributed by atoms with Crippen LogP contribution in [0.15, 0.2) is 53.1 Å². The summed E-state index contributed by atoms with van der Waals surface area (Å²) in [4.78, 5) is 0. The number of aromatic nitrogens is 1. The first-order chi connectivity index (χ1) is 11.6. The third kappa shape index (κ3) is 2.08. The SMILES string of the molecule is Cc1cc(C#N)c2c(c1)oc1cc(-c3cccc[n+]3C)c(C)cc12. The lowest BCUT2D eigenvalue weighted by atomic mass is 9.99. The molecule has 2 aromatic heterocycles. The van der Waals surface area contributed by atoms with Gasteiger partial charge in [0, 0.05) is 22.9 Å². The fourth-order valence-electron chi connectivity index (χ4n) is 3.37. The van der Waals surface area contributed by atoms with Gasteiger partial charge in [0.25, 0.3) is 0 Å². The molecule has 4 rings (SSSR count). The number of furan rings is 1. The van der Waals surface area contributed by atoms with Gasteiger partial charge in [0.15, 0.2) is 6.20 Å². The molecule has 0 radical (unpaired) electrons. The smallest absolute Gasteiger partial charge is 0.212 e. The summed E-state index contributed by atoms with van der Waals surface area (Å²) < 4.78 is 8.17. The van der Waals surface area contributed by atoms with E-state index >= 15 is 0 Å². The Labute approximate surface area is 140 Å². The summed E-state index contributed by atoms with van der Waals surface area (Å²) in [6.07, 6.45) is 2.04. The first-order valence-electron chi connectivity index (χ1n) is 7.91. The quantitative estimate of drug-likeness (QED) is 0.483. The molecule has 0 amide bonds. The van der Waals surface area contributed by atoms with E-state index in [1.54, 1.807) is 0 Å². The van der Waals surface area contributed by atoms with Gasteiger partial charge in [-0.15, -0.1) is 0 Å². The van der Waals surface area contributed by atoms with Gasteiger partial charge in [-0.2, -0.15) is 5.26 Å². The highest BCUT2D eigenvalue weighted by Crippen LogP contribution is 2.35. The molecule has 4 aromatic rings. The van der Waals surface area contributed by atoms with Gasteiger partial charge in [0.2, 0.25) is 5.69 Å². The molecule has 0 aliphatic carbocycles. The van der Waals surface area contributed by atoms with Crippen LogP contribution in [-0.2, 0) is 7.05 Å². The van der Waals surface area contributed by atoms with E-state index in [1.165, 1.54) is 0 Å². The lowest BCUT2D eigenvalue weighted by molar-refractivity contribution is -0.660. The van der Waals surface area contributed by atoms with Crippen LogP contribution in [0.4, 0.5) is 0 Å². The van der Waals surface area contributed by atoms with Crippen LogP contribution in [-0.4, -0.2) is 0 Å². The average Bonchev–Trinajstić information content (AvgIpc) is 2.91. The molecular weight excluding hydrogens is 296 g/mol. The highest BCUT2D eigenvalue weighted by atomic mass is 16.3. The molecule has 0 saturated heterocycles. The molecule has 0 saturated carbocycles. The van der Waals surface area contributed by atoms with Crippen LogP contribution in [0.3, 0.4) is 0 Å². The predicted octanol–water partition coefficient (Wildman–Crippen LogP) is 4.57. The van der Waals surface area contributed by atoms with Crippen LogP contribution in [0, 0.1) is 25.2 Å². The van der Waals surface area contributed by atoms with Crippen molar-refractivity contribution in [2.45, 2.75) is 13.8 Å². The molecule has 24 heavy (non-hydrogen) atoms. The second-order valence-corrected chi connectivity index (χ2v) is 6.26. The van der Waals surface area contributed by atoms with E-state index in [1.807, 2.05) is 44.4 Å². The predicted molar refractivity (Wildman–Crippen MR) is 94.5 cm³/mol. The minimum absolute atomic E-state index is 0.668. The van der Waals surface area contributed by atoms with Crippen molar-refractivity contribution >= 4 is 21.9 Å². The number of nitrogens with zero attached hydrogens (tertiary/aromatic N) is 2. The standard InChI is InChI=1S/C21H17N2O/c1-13-8-15(12-22)21-17-10-14(2)16(11-19(17)24-20(21)9-13)18-6-4-5-7-23(18)3/h4-11H,1-3H3/q+1. The lowest BCUT2D eigenvalue weighted by Crippen LogP contribution is -2.30. The number of pyridine rings is 1. The molecule has 0 spiro atoms. The van der Waals surface area contributed by atoms with Crippen LogP contribution in [0.2, 0.25) is 0 Å². The van der Waals surface area contributed by atoms with Gasteiger partial charge in [0.05, 0.1) is 17.2 Å². The summed E-state index contributed by atoms with van der Waals surface area (Å²) >= 11 is 0. The number of rotatable bonds is 1. The Morgan fingerprint density at radius 1 is 1.04 bits per heavy atom. The van der Waals surface area contributed by atoms with Gasteiger partial charge in [-0.25, -0.2) is 4.57 Å². The van der Waals surface area contributed by atoms with Crippen LogP contribution >= 0.6 is 0 Å². The molecule has 0 aliphatic rings. The molecule has 0 fully saturated rings. The highest BCUT2D eigenvalue weighted by molar-refractivity contribution is 6.09. The van der Waals surface area contributed by atoms with E-state index in [0.717, 1.165) is 44.3 Å². The Kier molecular flexibility index (Phi) is 3.14. The average molecular weight is 313 g/mol. The number of benzene rings is 2. The zero-order chi connectivity index (χ0) is 16.8. The summed E-state index contributed by atoms with van der Waals surface area (Å²) in [7, 11) is 2.04. The van der Waals surface area contributed by atoms with Crippen molar-refractivity contribution in [1.82, 2.24) is 0 Å². The maximum atomic E-state index is 9.48. The van der Waals surface area contributed by atoms with E-state index in [4.69, 9.17) is 4.42 Å². The minimum Gasteiger partial charge on any atom is -0.456 e. The molecule has 0 atom stereocenters. The van der Waals surface area contributed by atoms with Crippen LogP contribution in [0.25, 0.3) is 33.2 Å². The molecule has 0 unspecified atom stereocenters. The second-order valence-electron chi connectivity index (χ2n) is 6.26. The Morgan fingerprint density at radius 2 is 1.88 bits per heavy atom. The number of aryl methyl sites for hydroxylation is 3. The zero-order valence-corrected chi connectivity index (χ0v) is 13.9. The summed E-state index contributed by atoms with van der Waals surface area (Å²) in [6.45, 7) is 4.08. The van der Waals surface area contributed by atoms with Crippen molar-refractivity contribution in [3.05, 3.63) is 65.4 Å². The van der Waals surface area contributed by atoms with Gasteiger partial charge < -0.3 is 4.42 Å². The van der Waals surface area contributed by atoms with Crippen molar-refractivity contribution in [2.75, 3.05) is 0 Å². The Hall–Kier alpha value is -3.12. The van der Waals surface area contributed by atoms with Gasteiger partial charge >= 0.3 is 0 Å². The van der Waals surface area contributed by atoms with E-state index in [9.17, 15) is 5.26 Å². The summed E-state index contributed by atoms with van der Waals surface area (Å²) in [5, 5.41) is 11.4. The zero-order valence-electron chi connectivity index (χ0n) is 13.9. The highest BCUT2D eigenvalue weighted by Gasteiger charge is 2.17. The molecule has 116 valence electrons. The van der Waals surface area contributed by atoms with Gasteiger partial charge in [-0.1, -0.05) is 0 Å². The first kappa shape index (κ1) is 14.5. The summed E-state index contributed by atoms with van der Waals surface area (Å²) in [5.74, 6) is 0. The molecule has 0 aliphatic heterocycles. The van der Waals surface area contributed by atoms with Crippen LogP contribution in [0.5, 0.6) is 0 Å². The van der Waals surface area contributed by atoms with Crippen molar-refractivity contribution in [2.24, 2.45) is 7.05 Å². The summed E-state index contributed by atoms with van der Waals surface area (Å²) in [6, 6.07) is 16.6. The number of nitriles is 1. The lowest BCUT2D eigenvalue weighted by Gasteiger charge is -2.04. The largest absolute Gasteiger partial charge is 0.456 e. The molecule has 2 heterocycles. The molecule has 3 heteroatoms. The van der Waals surface area contributed by atoms with E-state index in [2.05, 4.69) is 35.8 Å².